The van der Waals surface area contributed by atoms with Gasteiger partial charge in [0.1, 0.15) is 6.10 Å². The third kappa shape index (κ3) is 2.94. The average Bonchev–Trinajstić information content (AvgIpc) is 2.97. The lowest BCUT2D eigenvalue weighted by Crippen LogP contribution is -2.07. The minimum absolute atomic E-state index is 0.0164. The van der Waals surface area contributed by atoms with E-state index in [2.05, 4.69) is 15.9 Å². The van der Waals surface area contributed by atoms with E-state index in [1.165, 1.54) is 0 Å². The molecule has 0 bridgehead atoms. The lowest BCUT2D eigenvalue weighted by atomic mass is 10.1. The molecule has 15 heavy (non-hydrogen) atoms. The van der Waals surface area contributed by atoms with Crippen molar-refractivity contribution in [1.29, 1.82) is 0 Å². The average molecular weight is 292 g/mol. The maximum Gasteiger partial charge on any atom is 0.104 e. The highest BCUT2D eigenvalue weighted by molar-refractivity contribution is 9.10. The van der Waals surface area contributed by atoms with Crippen LogP contribution in [-0.4, -0.2) is 19.3 Å². The summed E-state index contributed by atoms with van der Waals surface area (Å²) in [5, 5.41) is 0.730. The van der Waals surface area contributed by atoms with Crippen LogP contribution in [0.2, 0.25) is 5.02 Å². The van der Waals surface area contributed by atoms with E-state index >= 15 is 0 Å². The molecule has 2 rings (SSSR count). The molecule has 0 aromatic heterocycles. The SMILES string of the molecule is CC(OCC1CO1)c1c(Cl)cccc1Br. The van der Waals surface area contributed by atoms with Crippen molar-refractivity contribution in [2.75, 3.05) is 13.2 Å². The van der Waals surface area contributed by atoms with Gasteiger partial charge in [0.2, 0.25) is 0 Å². The summed E-state index contributed by atoms with van der Waals surface area (Å²) in [6.07, 6.45) is 0.269. The Morgan fingerprint density at radius 2 is 2.40 bits per heavy atom. The molecule has 0 aliphatic carbocycles. The Hall–Kier alpha value is -0.0900. The van der Waals surface area contributed by atoms with Crippen molar-refractivity contribution in [2.45, 2.75) is 19.1 Å². The third-order valence-electron chi connectivity index (χ3n) is 2.34. The zero-order chi connectivity index (χ0) is 10.8. The number of hydrogen-bond acceptors (Lipinski definition) is 2. The van der Waals surface area contributed by atoms with Gasteiger partial charge < -0.3 is 9.47 Å². The van der Waals surface area contributed by atoms with Gasteiger partial charge in [-0.05, 0) is 19.1 Å². The fourth-order valence-corrected chi connectivity index (χ4v) is 2.53. The summed E-state index contributed by atoms with van der Waals surface area (Å²) in [6.45, 7) is 3.45. The molecule has 1 saturated heterocycles. The minimum Gasteiger partial charge on any atom is -0.371 e. The van der Waals surface area contributed by atoms with Crippen LogP contribution in [0.15, 0.2) is 22.7 Å². The zero-order valence-electron chi connectivity index (χ0n) is 8.37. The predicted molar refractivity (Wildman–Crippen MR) is 63.3 cm³/mol. The molecule has 1 fully saturated rings. The normalized spacial score (nSPS) is 21.4. The number of hydrogen-bond donors (Lipinski definition) is 0. The number of benzene rings is 1. The summed E-state index contributed by atoms with van der Waals surface area (Å²) in [6, 6.07) is 5.75. The minimum atomic E-state index is -0.0164. The van der Waals surface area contributed by atoms with E-state index in [1.54, 1.807) is 0 Å². The molecule has 0 radical (unpaired) electrons. The number of epoxide rings is 1. The van der Waals surface area contributed by atoms with E-state index < -0.39 is 0 Å². The van der Waals surface area contributed by atoms with Crippen molar-refractivity contribution in [3.8, 4) is 0 Å². The molecule has 0 N–H and O–H groups in total. The van der Waals surface area contributed by atoms with Crippen LogP contribution in [-0.2, 0) is 9.47 Å². The van der Waals surface area contributed by atoms with Gasteiger partial charge >= 0.3 is 0 Å². The van der Waals surface area contributed by atoms with E-state index in [0.29, 0.717) is 6.61 Å². The Kier molecular flexibility index (Phi) is 3.67. The number of halogens is 2. The van der Waals surface area contributed by atoms with Gasteiger partial charge in [-0.15, -0.1) is 0 Å². The highest BCUT2D eigenvalue weighted by Gasteiger charge is 2.24. The van der Waals surface area contributed by atoms with Crippen molar-refractivity contribution < 1.29 is 9.47 Å². The highest BCUT2D eigenvalue weighted by Crippen LogP contribution is 2.32. The van der Waals surface area contributed by atoms with Crippen LogP contribution in [0.25, 0.3) is 0 Å². The van der Waals surface area contributed by atoms with Crippen LogP contribution in [0.1, 0.15) is 18.6 Å². The van der Waals surface area contributed by atoms with E-state index in [4.69, 9.17) is 21.1 Å². The lowest BCUT2D eigenvalue weighted by molar-refractivity contribution is 0.0536. The smallest absolute Gasteiger partial charge is 0.104 e. The Morgan fingerprint density at radius 3 is 3.00 bits per heavy atom. The van der Waals surface area contributed by atoms with Gasteiger partial charge in [-0.3, -0.25) is 0 Å². The molecular formula is C11H12BrClO2. The van der Waals surface area contributed by atoms with Crippen LogP contribution in [0, 0.1) is 0 Å². The molecule has 1 aliphatic rings. The van der Waals surface area contributed by atoms with Gasteiger partial charge in [0.15, 0.2) is 0 Å². The van der Waals surface area contributed by atoms with Crippen molar-refractivity contribution in [3.63, 3.8) is 0 Å². The van der Waals surface area contributed by atoms with Gasteiger partial charge in [-0.2, -0.15) is 0 Å². The van der Waals surface area contributed by atoms with E-state index in [9.17, 15) is 0 Å². The van der Waals surface area contributed by atoms with Crippen LogP contribution < -0.4 is 0 Å². The molecule has 1 aliphatic heterocycles. The second-order valence-electron chi connectivity index (χ2n) is 3.57. The maximum absolute atomic E-state index is 6.11. The molecule has 4 heteroatoms. The first kappa shape index (κ1) is 11.4. The first-order valence-corrected chi connectivity index (χ1v) is 6.02. The van der Waals surface area contributed by atoms with Gasteiger partial charge in [-0.25, -0.2) is 0 Å². The molecule has 2 unspecified atom stereocenters. The molecule has 1 heterocycles. The first-order chi connectivity index (χ1) is 7.18. The molecule has 0 saturated carbocycles. The zero-order valence-corrected chi connectivity index (χ0v) is 10.7. The summed E-state index contributed by atoms with van der Waals surface area (Å²) in [5.41, 5.74) is 1.000. The maximum atomic E-state index is 6.11. The first-order valence-electron chi connectivity index (χ1n) is 4.85. The highest BCUT2D eigenvalue weighted by atomic mass is 79.9. The Morgan fingerprint density at radius 1 is 1.67 bits per heavy atom. The molecule has 82 valence electrons. The fraction of sp³-hybridized carbons (Fsp3) is 0.455. The molecule has 1 aromatic rings. The van der Waals surface area contributed by atoms with Crippen LogP contribution in [0.5, 0.6) is 0 Å². The van der Waals surface area contributed by atoms with Gasteiger partial charge in [0.05, 0.1) is 19.3 Å². The van der Waals surface area contributed by atoms with Crippen molar-refractivity contribution in [3.05, 3.63) is 33.3 Å². The summed E-state index contributed by atoms with van der Waals surface area (Å²) < 4.78 is 11.7. The largest absolute Gasteiger partial charge is 0.371 e. The van der Waals surface area contributed by atoms with Crippen LogP contribution >= 0.6 is 27.5 Å². The summed E-state index contributed by atoms with van der Waals surface area (Å²) >= 11 is 9.59. The fourth-order valence-electron chi connectivity index (χ4n) is 1.40. The number of rotatable bonds is 4. The Labute approximate surface area is 103 Å². The topological polar surface area (TPSA) is 21.8 Å². The van der Waals surface area contributed by atoms with Crippen molar-refractivity contribution in [2.24, 2.45) is 0 Å². The Bertz CT molecular complexity index is 332. The van der Waals surface area contributed by atoms with Gasteiger partial charge in [0, 0.05) is 15.1 Å². The van der Waals surface area contributed by atoms with Crippen LogP contribution in [0.3, 0.4) is 0 Å². The molecule has 0 amide bonds. The monoisotopic (exact) mass is 290 g/mol. The van der Waals surface area contributed by atoms with Crippen molar-refractivity contribution >= 4 is 27.5 Å². The van der Waals surface area contributed by atoms with E-state index in [1.807, 2.05) is 25.1 Å². The molecular weight excluding hydrogens is 279 g/mol. The molecule has 0 spiro atoms. The standard InChI is InChI=1S/C11H12BrClO2/c1-7(14-5-8-6-15-8)11-9(12)3-2-4-10(11)13/h2-4,7-8H,5-6H2,1H3. The number of ether oxygens (including phenoxy) is 2. The van der Waals surface area contributed by atoms with E-state index in [-0.39, 0.29) is 12.2 Å². The molecule has 1 aromatic carbocycles. The summed E-state index contributed by atoms with van der Waals surface area (Å²) in [7, 11) is 0. The lowest BCUT2D eigenvalue weighted by Gasteiger charge is -2.15. The molecule has 2 nitrogen and oxygen atoms in total. The second-order valence-corrected chi connectivity index (χ2v) is 4.83. The molecule has 2 atom stereocenters. The van der Waals surface area contributed by atoms with E-state index in [0.717, 1.165) is 21.7 Å². The van der Waals surface area contributed by atoms with Crippen LogP contribution in [0.4, 0.5) is 0 Å². The van der Waals surface area contributed by atoms with Crippen molar-refractivity contribution in [1.82, 2.24) is 0 Å². The Balaban J connectivity index is 2.05. The third-order valence-corrected chi connectivity index (χ3v) is 3.36. The van der Waals surface area contributed by atoms with Gasteiger partial charge in [-0.1, -0.05) is 33.6 Å². The van der Waals surface area contributed by atoms with Gasteiger partial charge in [0.25, 0.3) is 0 Å². The summed E-state index contributed by atoms with van der Waals surface area (Å²) in [4.78, 5) is 0. The summed E-state index contributed by atoms with van der Waals surface area (Å²) in [5.74, 6) is 0. The second kappa shape index (κ2) is 4.83. The quantitative estimate of drug-likeness (QED) is 0.791. The predicted octanol–water partition coefficient (Wildman–Crippen LogP) is 3.58.